The van der Waals surface area contributed by atoms with Crippen LogP contribution in [0.2, 0.25) is 0 Å². The lowest BCUT2D eigenvalue weighted by Gasteiger charge is -2.21. The minimum atomic E-state index is -4.90. The van der Waals surface area contributed by atoms with Crippen molar-refractivity contribution < 1.29 is 37.0 Å². The number of alkyl halides is 3. The molecule has 10 heteroatoms. The summed E-state index contributed by atoms with van der Waals surface area (Å²) < 4.78 is 43.6. The zero-order chi connectivity index (χ0) is 22.3. The van der Waals surface area contributed by atoms with Crippen LogP contribution in [0, 0.1) is 17.3 Å². The van der Waals surface area contributed by atoms with Crippen LogP contribution < -0.4 is 5.32 Å². The van der Waals surface area contributed by atoms with Gasteiger partial charge in [-0.1, -0.05) is 41.5 Å². The first kappa shape index (κ1) is 30.0. The number of carbonyl (C=O) groups is 3. The lowest BCUT2D eigenvalue weighted by Crippen LogP contribution is -2.37. The number of nitrogens with one attached hydrogen (secondary N) is 1. The molecule has 1 fully saturated rings. The highest BCUT2D eigenvalue weighted by Gasteiger charge is 2.38. The van der Waals surface area contributed by atoms with Gasteiger partial charge < -0.3 is 15.0 Å². The standard InChI is InChI=1S/C8H17N.C4H4F3NO2.C4H10.CHFO2/c1-7-5-9(4)6-8(7,2)3;5-4(6,7)3(10)8-1-2-9;1-4(2)3;2-4-1-3/h7H,5-6H2,1-4H3;2H,1H2,(H,8,10);4H,1-3H3;1H. The minimum Gasteiger partial charge on any atom is -0.341 e. The molecule has 0 aromatic carbocycles. The molecule has 0 aromatic rings. The summed E-state index contributed by atoms with van der Waals surface area (Å²) in [5.74, 6) is -0.401. The van der Waals surface area contributed by atoms with Crippen LogP contribution in [0.15, 0.2) is 0 Å². The van der Waals surface area contributed by atoms with Gasteiger partial charge in [0.1, 0.15) is 6.29 Å². The van der Waals surface area contributed by atoms with Gasteiger partial charge in [-0.05, 0) is 24.3 Å². The largest absolute Gasteiger partial charge is 0.471 e. The number of amides is 1. The molecule has 1 rings (SSSR count). The Balaban J connectivity index is -0.000000310. The van der Waals surface area contributed by atoms with Crippen molar-refractivity contribution in [1.82, 2.24) is 10.2 Å². The van der Waals surface area contributed by atoms with E-state index in [-0.39, 0.29) is 12.8 Å². The first-order valence-electron chi connectivity index (χ1n) is 8.33. The van der Waals surface area contributed by atoms with Crippen LogP contribution in [0.5, 0.6) is 0 Å². The molecule has 0 aromatic heterocycles. The molecule has 0 bridgehead atoms. The summed E-state index contributed by atoms with van der Waals surface area (Å²) in [7, 11) is 2.20. The van der Waals surface area contributed by atoms with Gasteiger partial charge in [-0.2, -0.15) is 13.2 Å². The van der Waals surface area contributed by atoms with E-state index < -0.39 is 18.6 Å². The third-order valence-corrected chi connectivity index (χ3v) is 3.24. The summed E-state index contributed by atoms with van der Waals surface area (Å²) in [6, 6.07) is 0. The predicted molar refractivity (Wildman–Crippen MR) is 94.3 cm³/mol. The molecule has 162 valence electrons. The highest BCUT2D eigenvalue weighted by Crippen LogP contribution is 2.33. The molecule has 0 saturated carbocycles. The zero-order valence-electron chi connectivity index (χ0n) is 17.0. The maximum Gasteiger partial charge on any atom is 0.471 e. The quantitative estimate of drug-likeness (QED) is 0.578. The number of halogens is 4. The molecule has 0 radical (unpaired) electrons. The second-order valence-electron chi connectivity index (χ2n) is 7.38. The summed E-state index contributed by atoms with van der Waals surface area (Å²) in [6.45, 7) is 15.2. The van der Waals surface area contributed by atoms with Crippen LogP contribution in [0.25, 0.3) is 0 Å². The van der Waals surface area contributed by atoms with Crippen LogP contribution in [-0.2, 0) is 19.3 Å². The molecule has 6 nitrogen and oxygen atoms in total. The number of hydrogen-bond donors (Lipinski definition) is 1. The van der Waals surface area contributed by atoms with E-state index in [2.05, 4.69) is 58.4 Å². The van der Waals surface area contributed by atoms with Gasteiger partial charge in [0.05, 0.1) is 6.54 Å². The number of rotatable bonds is 3. The van der Waals surface area contributed by atoms with Crippen molar-refractivity contribution >= 4 is 18.7 Å². The fourth-order valence-electron chi connectivity index (χ4n) is 1.87. The lowest BCUT2D eigenvalue weighted by molar-refractivity contribution is -0.173. The van der Waals surface area contributed by atoms with E-state index in [9.17, 15) is 27.3 Å². The average molecular weight is 404 g/mol. The van der Waals surface area contributed by atoms with E-state index in [0.29, 0.717) is 5.41 Å². The Hall–Kier alpha value is -1.71. The third kappa shape index (κ3) is 20.5. The van der Waals surface area contributed by atoms with E-state index in [1.165, 1.54) is 18.4 Å². The van der Waals surface area contributed by atoms with Gasteiger partial charge in [-0.3, -0.25) is 14.5 Å². The van der Waals surface area contributed by atoms with Crippen LogP contribution in [-0.4, -0.2) is 56.4 Å². The zero-order valence-corrected chi connectivity index (χ0v) is 17.0. The van der Waals surface area contributed by atoms with Crippen molar-refractivity contribution in [2.75, 3.05) is 26.7 Å². The maximum atomic E-state index is 11.2. The van der Waals surface area contributed by atoms with Crippen molar-refractivity contribution in [3.63, 3.8) is 0 Å². The average Bonchev–Trinajstić information content (AvgIpc) is 2.74. The lowest BCUT2D eigenvalue weighted by atomic mass is 9.84. The van der Waals surface area contributed by atoms with E-state index in [1.54, 1.807) is 0 Å². The van der Waals surface area contributed by atoms with Crippen LogP contribution >= 0.6 is 0 Å². The van der Waals surface area contributed by atoms with Crippen molar-refractivity contribution in [1.29, 1.82) is 0 Å². The van der Waals surface area contributed by atoms with Gasteiger partial charge in [0.2, 0.25) is 0 Å². The second kappa shape index (κ2) is 15.4. The second-order valence-corrected chi connectivity index (χ2v) is 7.38. The summed E-state index contributed by atoms with van der Waals surface area (Å²) in [5.41, 5.74) is 0.550. The fourth-order valence-corrected chi connectivity index (χ4v) is 1.87. The van der Waals surface area contributed by atoms with Crippen molar-refractivity contribution in [3.8, 4) is 0 Å². The molecule has 0 aliphatic carbocycles. The van der Waals surface area contributed by atoms with Gasteiger partial charge in [0.15, 0.2) is 0 Å². The molecule has 27 heavy (non-hydrogen) atoms. The Kier molecular flexibility index (Phi) is 17.1. The van der Waals surface area contributed by atoms with E-state index in [0.717, 1.165) is 11.8 Å². The molecule has 1 unspecified atom stereocenters. The van der Waals surface area contributed by atoms with Crippen LogP contribution in [0.4, 0.5) is 17.7 Å². The summed E-state index contributed by atoms with van der Waals surface area (Å²) in [6.07, 6.45) is -4.73. The molecule has 1 aliphatic heterocycles. The van der Waals surface area contributed by atoms with Crippen molar-refractivity contribution in [2.24, 2.45) is 17.3 Å². The molecular weight excluding hydrogens is 372 g/mol. The normalized spacial score (nSPS) is 17.9. The number of nitrogens with zero attached hydrogens (tertiary/aromatic N) is 1. The van der Waals surface area contributed by atoms with E-state index in [1.807, 2.05) is 0 Å². The van der Waals surface area contributed by atoms with E-state index in [4.69, 9.17) is 4.79 Å². The Morgan fingerprint density at radius 1 is 1.30 bits per heavy atom. The minimum absolute atomic E-state index is 0.170. The topological polar surface area (TPSA) is 75.7 Å². The predicted octanol–water partition coefficient (Wildman–Crippen LogP) is 3.16. The number of hydrogen-bond acceptors (Lipinski definition) is 5. The molecular formula is C17H32F4N2O4. The fraction of sp³-hybridized carbons (Fsp3) is 0.824. The first-order valence-corrected chi connectivity index (χ1v) is 8.33. The molecule has 1 atom stereocenters. The highest BCUT2D eigenvalue weighted by molar-refractivity contribution is 5.83. The van der Waals surface area contributed by atoms with Gasteiger partial charge in [0.25, 0.3) is 0 Å². The molecule has 1 saturated heterocycles. The number of likely N-dealkylation sites (tertiary alicyclic amines) is 1. The molecule has 1 amide bonds. The summed E-state index contributed by atoms with van der Waals surface area (Å²) in [5, 5.41) is 1.34. The Labute approximate surface area is 158 Å². The van der Waals surface area contributed by atoms with Crippen LogP contribution in [0.3, 0.4) is 0 Å². The smallest absolute Gasteiger partial charge is 0.341 e. The summed E-state index contributed by atoms with van der Waals surface area (Å²) in [4.78, 5) is 32.6. The Morgan fingerprint density at radius 2 is 1.70 bits per heavy atom. The van der Waals surface area contributed by atoms with Crippen molar-refractivity contribution in [3.05, 3.63) is 0 Å². The Morgan fingerprint density at radius 3 is 1.85 bits per heavy atom. The van der Waals surface area contributed by atoms with E-state index >= 15 is 0 Å². The summed E-state index contributed by atoms with van der Waals surface area (Å²) >= 11 is 0. The monoisotopic (exact) mass is 404 g/mol. The van der Waals surface area contributed by atoms with Crippen molar-refractivity contribution in [2.45, 2.75) is 47.7 Å². The SMILES string of the molecule is CC(C)C.CC1CN(C)CC1(C)C.O=CCNC(=O)C(F)(F)F.O=COF. The third-order valence-electron chi connectivity index (χ3n) is 3.24. The van der Waals surface area contributed by atoms with Gasteiger partial charge in [-0.15, -0.1) is 0 Å². The molecule has 0 spiro atoms. The molecule has 1 heterocycles. The Bertz CT molecular complexity index is 413. The number of aldehydes is 1. The van der Waals surface area contributed by atoms with Gasteiger partial charge in [-0.25, -0.2) is 0 Å². The molecule has 1 N–H and O–H groups in total. The van der Waals surface area contributed by atoms with Gasteiger partial charge >= 0.3 is 18.6 Å². The maximum absolute atomic E-state index is 11.2. The molecule has 1 aliphatic rings. The van der Waals surface area contributed by atoms with Crippen LogP contribution in [0.1, 0.15) is 41.5 Å². The first-order chi connectivity index (χ1) is 12.1. The number of carbonyl (C=O) groups excluding carboxylic acids is 3. The highest BCUT2D eigenvalue weighted by atomic mass is 19.4. The van der Waals surface area contributed by atoms with Gasteiger partial charge in [0, 0.05) is 17.6 Å².